The van der Waals surface area contributed by atoms with Crippen LogP contribution < -0.4 is 4.90 Å². The van der Waals surface area contributed by atoms with Gasteiger partial charge in [0.25, 0.3) is 0 Å². The van der Waals surface area contributed by atoms with Crippen LogP contribution in [-0.4, -0.2) is 60.6 Å². The predicted octanol–water partition coefficient (Wildman–Crippen LogP) is 1.92. The van der Waals surface area contributed by atoms with Crippen LogP contribution in [0, 0.1) is 0 Å². The summed E-state index contributed by atoms with van der Waals surface area (Å²) in [6, 6.07) is 1.88. The van der Waals surface area contributed by atoms with Gasteiger partial charge in [-0.15, -0.1) is 0 Å². The molecule has 0 amide bonds. The first kappa shape index (κ1) is 19.8. The van der Waals surface area contributed by atoms with Crippen LogP contribution >= 0.6 is 11.6 Å². The van der Waals surface area contributed by atoms with Gasteiger partial charge >= 0.3 is 0 Å². The molecular weight excluding hydrogens is 378 g/mol. The Hall–Kier alpha value is -0.960. The molecule has 1 atom stereocenters. The molecule has 0 bridgehead atoms. The number of anilines is 1. The number of halogens is 1. The van der Waals surface area contributed by atoms with Crippen LogP contribution in [0.5, 0.6) is 0 Å². The van der Waals surface area contributed by atoms with E-state index in [0.29, 0.717) is 44.1 Å². The Labute approximate surface area is 159 Å². The highest BCUT2D eigenvalue weighted by Crippen LogP contribution is 2.53. The molecule has 26 heavy (non-hydrogen) atoms. The summed E-state index contributed by atoms with van der Waals surface area (Å²) in [6.45, 7) is 7.11. The van der Waals surface area contributed by atoms with E-state index in [-0.39, 0.29) is 23.5 Å². The minimum atomic E-state index is -3.46. The molecule has 2 aliphatic rings. The highest BCUT2D eigenvalue weighted by molar-refractivity contribution is 7.92. The predicted molar refractivity (Wildman–Crippen MR) is 100 cm³/mol. The molecule has 1 aromatic heterocycles. The van der Waals surface area contributed by atoms with Gasteiger partial charge in [0.05, 0.1) is 36.3 Å². The third-order valence-electron chi connectivity index (χ3n) is 5.10. The summed E-state index contributed by atoms with van der Waals surface area (Å²) in [5.74, 6) is 0.557. The van der Waals surface area contributed by atoms with E-state index in [0.717, 1.165) is 0 Å². The number of morpholine rings is 1. The van der Waals surface area contributed by atoms with E-state index in [1.54, 1.807) is 19.9 Å². The fraction of sp³-hybridized carbons (Fsp3) is 0.765. The molecule has 1 saturated heterocycles. The molecule has 0 aromatic carbocycles. The van der Waals surface area contributed by atoms with E-state index in [4.69, 9.17) is 16.3 Å². The van der Waals surface area contributed by atoms with Crippen molar-refractivity contribution in [2.24, 2.45) is 0 Å². The Bertz CT molecular complexity index is 775. The first-order chi connectivity index (χ1) is 12.0. The molecule has 2 fully saturated rings. The van der Waals surface area contributed by atoms with Crippen LogP contribution in [0.3, 0.4) is 0 Å². The number of nitrogens with zero attached hydrogens (tertiary/aromatic N) is 3. The van der Waals surface area contributed by atoms with E-state index in [9.17, 15) is 13.5 Å². The molecule has 0 radical (unpaired) electrons. The summed E-state index contributed by atoms with van der Waals surface area (Å²) in [4.78, 5) is 10.6. The smallest absolute Gasteiger partial charge is 0.224 e. The number of hydrogen-bond donors (Lipinski definition) is 1. The molecule has 146 valence electrons. The van der Waals surface area contributed by atoms with Crippen molar-refractivity contribution < 1.29 is 18.3 Å². The summed E-state index contributed by atoms with van der Waals surface area (Å²) >= 11 is 6.14. The number of ether oxygens (including phenoxy) is 1. The van der Waals surface area contributed by atoms with Gasteiger partial charge < -0.3 is 14.7 Å². The van der Waals surface area contributed by atoms with Crippen LogP contribution in [0.1, 0.15) is 45.7 Å². The summed E-state index contributed by atoms with van der Waals surface area (Å²) < 4.78 is 30.4. The summed E-state index contributed by atoms with van der Waals surface area (Å²) in [5.41, 5.74) is -0.567. The minimum Gasteiger partial charge on any atom is -0.390 e. The Morgan fingerprint density at radius 1 is 1.42 bits per heavy atom. The van der Waals surface area contributed by atoms with Crippen LogP contribution in [0.25, 0.3) is 0 Å². The second-order valence-corrected chi connectivity index (χ2v) is 10.6. The Morgan fingerprint density at radius 3 is 2.69 bits per heavy atom. The standard InChI is InChI=1S/C17H26ClN3O4S/c1-12-11-25-8-7-21(12)14-10-13(19-15(18)20-14)17(4-5-17)26(23,24)9-6-16(2,3)22/h10,12,22H,4-9,11H2,1-3H3/t12-/m0/s1. The maximum atomic E-state index is 13.0. The lowest BCUT2D eigenvalue weighted by molar-refractivity contribution is 0.0771. The van der Waals surface area contributed by atoms with Crippen molar-refractivity contribution >= 4 is 27.3 Å². The van der Waals surface area contributed by atoms with Crippen LogP contribution in [0.15, 0.2) is 6.07 Å². The molecule has 7 nitrogen and oxygen atoms in total. The van der Waals surface area contributed by atoms with E-state index in [1.165, 1.54) is 0 Å². The number of sulfone groups is 1. The lowest BCUT2D eigenvalue weighted by atomic mass is 10.1. The van der Waals surface area contributed by atoms with Crippen molar-refractivity contribution in [1.82, 2.24) is 9.97 Å². The number of rotatable bonds is 6. The van der Waals surface area contributed by atoms with Gasteiger partial charge in [-0.25, -0.2) is 18.4 Å². The molecule has 1 saturated carbocycles. The molecule has 3 rings (SSSR count). The Kier molecular flexibility index (Phi) is 5.24. The van der Waals surface area contributed by atoms with Crippen molar-refractivity contribution in [3.8, 4) is 0 Å². The van der Waals surface area contributed by atoms with Crippen LogP contribution in [0.2, 0.25) is 5.28 Å². The number of aliphatic hydroxyl groups is 1. The van der Waals surface area contributed by atoms with Crippen LogP contribution in [0.4, 0.5) is 5.82 Å². The highest BCUT2D eigenvalue weighted by atomic mass is 35.5. The molecule has 0 spiro atoms. The SMILES string of the molecule is C[C@H]1COCCN1c1cc(C2(S(=O)(=O)CCC(C)(C)O)CC2)nc(Cl)n1. The van der Waals surface area contributed by atoms with E-state index >= 15 is 0 Å². The minimum absolute atomic E-state index is 0.0557. The Balaban J connectivity index is 1.91. The van der Waals surface area contributed by atoms with E-state index in [1.807, 2.05) is 6.92 Å². The van der Waals surface area contributed by atoms with Crippen molar-refractivity contribution in [2.75, 3.05) is 30.4 Å². The quantitative estimate of drug-likeness (QED) is 0.725. The largest absolute Gasteiger partial charge is 0.390 e. The van der Waals surface area contributed by atoms with Crippen molar-refractivity contribution in [1.29, 1.82) is 0 Å². The second-order valence-electron chi connectivity index (χ2n) is 7.87. The molecule has 1 N–H and O–H groups in total. The number of hydrogen-bond acceptors (Lipinski definition) is 7. The molecule has 1 aliphatic carbocycles. The maximum Gasteiger partial charge on any atom is 0.224 e. The maximum absolute atomic E-state index is 13.0. The molecule has 1 aromatic rings. The number of aromatic nitrogens is 2. The normalized spacial score (nSPS) is 23.1. The molecule has 9 heteroatoms. The monoisotopic (exact) mass is 403 g/mol. The van der Waals surface area contributed by atoms with Gasteiger partial charge in [-0.1, -0.05) is 0 Å². The van der Waals surface area contributed by atoms with Crippen molar-refractivity contribution in [3.05, 3.63) is 17.0 Å². The zero-order chi connectivity index (χ0) is 19.2. The zero-order valence-electron chi connectivity index (χ0n) is 15.4. The first-order valence-electron chi connectivity index (χ1n) is 8.88. The molecule has 0 unspecified atom stereocenters. The molecular formula is C17H26ClN3O4S. The average molecular weight is 404 g/mol. The van der Waals surface area contributed by atoms with Crippen molar-refractivity contribution in [3.63, 3.8) is 0 Å². The van der Waals surface area contributed by atoms with E-state index < -0.39 is 20.2 Å². The first-order valence-corrected chi connectivity index (χ1v) is 10.9. The fourth-order valence-electron chi connectivity index (χ4n) is 3.27. The van der Waals surface area contributed by atoms with Gasteiger partial charge in [0.1, 0.15) is 10.6 Å². The Morgan fingerprint density at radius 2 is 2.12 bits per heavy atom. The van der Waals surface area contributed by atoms with E-state index in [2.05, 4.69) is 14.9 Å². The van der Waals surface area contributed by atoms with Gasteiger partial charge in [-0.05, 0) is 51.6 Å². The highest BCUT2D eigenvalue weighted by Gasteiger charge is 2.57. The second kappa shape index (κ2) is 6.89. The third-order valence-corrected chi connectivity index (χ3v) is 7.81. The average Bonchev–Trinajstić information content (AvgIpc) is 3.35. The summed E-state index contributed by atoms with van der Waals surface area (Å²) in [5, 5.41) is 9.95. The fourth-order valence-corrected chi connectivity index (χ4v) is 5.76. The summed E-state index contributed by atoms with van der Waals surface area (Å²) in [6.07, 6.45) is 1.22. The lowest BCUT2D eigenvalue weighted by Crippen LogP contribution is -2.44. The lowest BCUT2D eigenvalue weighted by Gasteiger charge is -2.34. The van der Waals surface area contributed by atoms with Gasteiger partial charge in [-0.2, -0.15) is 0 Å². The van der Waals surface area contributed by atoms with Gasteiger partial charge in [0.15, 0.2) is 9.84 Å². The molecule has 1 aliphatic heterocycles. The van der Waals surface area contributed by atoms with Crippen molar-refractivity contribution in [2.45, 2.75) is 56.4 Å². The molecule has 2 heterocycles. The van der Waals surface area contributed by atoms with Crippen LogP contribution in [-0.2, 0) is 19.3 Å². The van der Waals surface area contributed by atoms with Gasteiger partial charge in [0.2, 0.25) is 5.28 Å². The topological polar surface area (TPSA) is 92.6 Å². The van der Waals surface area contributed by atoms with Gasteiger partial charge in [-0.3, -0.25) is 0 Å². The zero-order valence-corrected chi connectivity index (χ0v) is 17.0. The summed E-state index contributed by atoms with van der Waals surface area (Å²) in [7, 11) is -3.46. The van der Waals surface area contributed by atoms with Gasteiger partial charge in [0, 0.05) is 12.6 Å². The third kappa shape index (κ3) is 3.98.